The zero-order valence-corrected chi connectivity index (χ0v) is 14.3. The van der Waals surface area contributed by atoms with Crippen LogP contribution in [0.3, 0.4) is 0 Å². The Hall–Kier alpha value is -0.820. The summed E-state index contributed by atoms with van der Waals surface area (Å²) in [6.45, 7) is 18.3. The molecule has 0 aromatic heterocycles. The first kappa shape index (κ1) is 16.2. The maximum Gasteiger partial charge on any atom is 0.0374 e. The van der Waals surface area contributed by atoms with E-state index in [-0.39, 0.29) is 5.41 Å². The molecule has 1 heteroatoms. The Labute approximate surface area is 119 Å². The third-order valence-electron chi connectivity index (χ3n) is 5.33. The zero-order chi connectivity index (χ0) is 15.0. The van der Waals surface area contributed by atoms with Crippen LogP contribution in [0.4, 0.5) is 0 Å². The smallest absolute Gasteiger partial charge is 0.0374 e. The van der Waals surface area contributed by atoms with Gasteiger partial charge in [0.25, 0.3) is 0 Å². The molecule has 1 nitrogen and oxygen atoms in total. The average Bonchev–Trinajstić information content (AvgIpc) is 2.38. The number of rotatable bonds is 4. The third-order valence-corrected chi connectivity index (χ3v) is 5.33. The van der Waals surface area contributed by atoms with Gasteiger partial charge in [-0.2, -0.15) is 0 Å². The standard InChI is InChI=1S/C18H31N/c1-10-18(7,8)17(19-9)16-14(5)12(3)11(2)13(4)15(16)6/h17,19H,10H2,1-9H3. The largest absolute Gasteiger partial charge is 0.313 e. The summed E-state index contributed by atoms with van der Waals surface area (Å²) in [5.41, 5.74) is 9.04. The fraction of sp³-hybridized carbons (Fsp3) is 0.667. The first-order valence-electron chi connectivity index (χ1n) is 7.43. The lowest BCUT2D eigenvalue weighted by atomic mass is 9.74. The predicted octanol–water partition coefficient (Wildman–Crippen LogP) is 4.93. The van der Waals surface area contributed by atoms with Crippen molar-refractivity contribution in [1.29, 1.82) is 0 Å². The highest BCUT2D eigenvalue weighted by molar-refractivity contribution is 5.51. The molecule has 0 heterocycles. The summed E-state index contributed by atoms with van der Waals surface area (Å²) in [6, 6.07) is 0.412. The molecule has 1 aromatic carbocycles. The van der Waals surface area contributed by atoms with E-state index in [4.69, 9.17) is 0 Å². The molecule has 0 bridgehead atoms. The lowest BCUT2D eigenvalue weighted by Crippen LogP contribution is -2.33. The van der Waals surface area contributed by atoms with Gasteiger partial charge in [0.2, 0.25) is 0 Å². The van der Waals surface area contributed by atoms with Gasteiger partial charge in [0.15, 0.2) is 0 Å². The molecule has 0 aliphatic carbocycles. The lowest BCUT2D eigenvalue weighted by molar-refractivity contribution is 0.244. The molecule has 1 unspecified atom stereocenters. The van der Waals surface area contributed by atoms with E-state index in [0.717, 1.165) is 0 Å². The van der Waals surface area contributed by atoms with Gasteiger partial charge < -0.3 is 5.32 Å². The van der Waals surface area contributed by atoms with Crippen molar-refractivity contribution in [2.24, 2.45) is 5.41 Å². The SMILES string of the molecule is CCC(C)(C)C(NC)c1c(C)c(C)c(C)c(C)c1C. The molecule has 0 fully saturated rings. The fourth-order valence-electron chi connectivity index (χ4n) is 3.09. The van der Waals surface area contributed by atoms with Gasteiger partial charge in [-0.15, -0.1) is 0 Å². The van der Waals surface area contributed by atoms with Gasteiger partial charge in [0, 0.05) is 6.04 Å². The summed E-state index contributed by atoms with van der Waals surface area (Å²) >= 11 is 0. The molecule has 0 saturated carbocycles. The van der Waals surface area contributed by atoms with Crippen molar-refractivity contribution in [3.63, 3.8) is 0 Å². The molecule has 0 saturated heterocycles. The van der Waals surface area contributed by atoms with Crippen molar-refractivity contribution in [2.45, 2.75) is 67.9 Å². The molecular weight excluding hydrogens is 230 g/mol. The molecule has 1 aromatic rings. The van der Waals surface area contributed by atoms with Crippen molar-refractivity contribution in [3.8, 4) is 0 Å². The van der Waals surface area contributed by atoms with Crippen molar-refractivity contribution < 1.29 is 0 Å². The first-order chi connectivity index (χ1) is 8.68. The van der Waals surface area contributed by atoms with E-state index in [9.17, 15) is 0 Å². The third kappa shape index (κ3) is 2.72. The van der Waals surface area contributed by atoms with Crippen LogP contribution in [-0.4, -0.2) is 7.05 Å². The van der Waals surface area contributed by atoms with Gasteiger partial charge in [0.05, 0.1) is 0 Å². The Morgan fingerprint density at radius 1 is 0.842 bits per heavy atom. The molecule has 0 aliphatic heterocycles. The van der Waals surface area contributed by atoms with Crippen molar-refractivity contribution >= 4 is 0 Å². The van der Waals surface area contributed by atoms with Gasteiger partial charge in [-0.3, -0.25) is 0 Å². The van der Waals surface area contributed by atoms with Crippen LogP contribution in [0.2, 0.25) is 0 Å². The van der Waals surface area contributed by atoms with E-state index < -0.39 is 0 Å². The van der Waals surface area contributed by atoms with Gasteiger partial charge in [-0.25, -0.2) is 0 Å². The fourth-order valence-corrected chi connectivity index (χ4v) is 3.09. The topological polar surface area (TPSA) is 12.0 Å². The molecule has 0 spiro atoms. The van der Waals surface area contributed by atoms with Gasteiger partial charge >= 0.3 is 0 Å². The number of hydrogen-bond donors (Lipinski definition) is 1. The van der Waals surface area contributed by atoms with Crippen LogP contribution < -0.4 is 5.32 Å². The van der Waals surface area contributed by atoms with Crippen molar-refractivity contribution in [1.82, 2.24) is 5.32 Å². The summed E-state index contributed by atoms with van der Waals surface area (Å²) in [7, 11) is 2.09. The van der Waals surface area contributed by atoms with Gasteiger partial charge in [0.1, 0.15) is 0 Å². The lowest BCUT2D eigenvalue weighted by Gasteiger charge is -2.37. The highest BCUT2D eigenvalue weighted by Crippen LogP contribution is 2.41. The number of benzene rings is 1. The van der Waals surface area contributed by atoms with Crippen LogP contribution in [-0.2, 0) is 0 Å². The highest BCUT2D eigenvalue weighted by atomic mass is 14.9. The first-order valence-corrected chi connectivity index (χ1v) is 7.43. The van der Waals surface area contributed by atoms with Crippen LogP contribution in [0.5, 0.6) is 0 Å². The van der Waals surface area contributed by atoms with E-state index in [0.29, 0.717) is 6.04 Å². The van der Waals surface area contributed by atoms with Crippen LogP contribution in [0.1, 0.15) is 66.6 Å². The molecule has 1 rings (SSSR count). The Morgan fingerprint density at radius 2 is 1.21 bits per heavy atom. The minimum absolute atomic E-state index is 0.262. The number of hydrogen-bond acceptors (Lipinski definition) is 1. The second-order valence-corrected chi connectivity index (χ2v) is 6.60. The molecule has 0 aliphatic rings. The van der Waals surface area contributed by atoms with Crippen molar-refractivity contribution in [3.05, 3.63) is 33.4 Å². The van der Waals surface area contributed by atoms with Crippen LogP contribution in [0.25, 0.3) is 0 Å². The highest BCUT2D eigenvalue weighted by Gasteiger charge is 2.31. The molecule has 1 atom stereocenters. The molecular formula is C18H31N. The Bertz CT molecular complexity index is 440. The van der Waals surface area contributed by atoms with E-state index >= 15 is 0 Å². The Kier molecular flexibility index (Phi) is 4.84. The number of nitrogens with one attached hydrogen (secondary N) is 1. The second-order valence-electron chi connectivity index (χ2n) is 6.60. The summed E-state index contributed by atoms with van der Waals surface area (Å²) in [4.78, 5) is 0. The minimum Gasteiger partial charge on any atom is -0.313 e. The van der Waals surface area contributed by atoms with E-state index in [2.05, 4.69) is 67.8 Å². The monoisotopic (exact) mass is 261 g/mol. The quantitative estimate of drug-likeness (QED) is 0.810. The maximum atomic E-state index is 3.57. The Morgan fingerprint density at radius 3 is 1.53 bits per heavy atom. The Balaban J connectivity index is 3.58. The molecule has 0 radical (unpaired) electrons. The summed E-state index contributed by atoms with van der Waals surface area (Å²) in [6.07, 6.45) is 1.17. The second kappa shape index (κ2) is 5.66. The average molecular weight is 261 g/mol. The molecule has 1 N–H and O–H groups in total. The van der Waals surface area contributed by atoms with E-state index in [1.165, 1.54) is 39.8 Å². The van der Waals surface area contributed by atoms with E-state index in [1.54, 1.807) is 0 Å². The molecule has 108 valence electrons. The predicted molar refractivity (Wildman–Crippen MR) is 86.0 cm³/mol. The van der Waals surface area contributed by atoms with Crippen LogP contribution in [0, 0.1) is 40.0 Å². The normalized spacial score (nSPS) is 13.7. The van der Waals surface area contributed by atoms with Gasteiger partial charge in [-0.05, 0) is 86.9 Å². The van der Waals surface area contributed by atoms with Crippen molar-refractivity contribution in [2.75, 3.05) is 7.05 Å². The van der Waals surface area contributed by atoms with Crippen LogP contribution in [0.15, 0.2) is 0 Å². The van der Waals surface area contributed by atoms with E-state index in [1.807, 2.05) is 0 Å². The van der Waals surface area contributed by atoms with Crippen LogP contribution >= 0.6 is 0 Å². The molecule has 19 heavy (non-hydrogen) atoms. The molecule has 0 amide bonds. The minimum atomic E-state index is 0.262. The zero-order valence-electron chi connectivity index (χ0n) is 14.3. The summed E-state index contributed by atoms with van der Waals surface area (Å²) in [5, 5.41) is 3.57. The summed E-state index contributed by atoms with van der Waals surface area (Å²) < 4.78 is 0. The maximum absolute atomic E-state index is 3.57. The van der Waals surface area contributed by atoms with Gasteiger partial charge in [-0.1, -0.05) is 20.8 Å². The summed E-state index contributed by atoms with van der Waals surface area (Å²) in [5.74, 6) is 0.